The second kappa shape index (κ2) is 5.65. The third kappa shape index (κ3) is 3.16. The summed E-state index contributed by atoms with van der Waals surface area (Å²) >= 11 is 4.78. The van der Waals surface area contributed by atoms with Gasteiger partial charge in [0.2, 0.25) is 0 Å². The smallest absolute Gasteiger partial charge is 0.185 e. The molecule has 0 aromatic heterocycles. The first-order chi connectivity index (χ1) is 7.19. The largest absolute Gasteiger partial charge is 0.376 e. The van der Waals surface area contributed by atoms with Crippen LogP contribution in [-0.4, -0.2) is 19.3 Å². The number of benzene rings is 1. The number of ether oxygens (including phenoxy) is 2. The van der Waals surface area contributed by atoms with Crippen LogP contribution in [0.5, 0.6) is 0 Å². The van der Waals surface area contributed by atoms with Crippen LogP contribution in [-0.2, 0) is 9.47 Å². The van der Waals surface area contributed by atoms with Gasteiger partial charge in [0, 0.05) is 25.5 Å². The predicted molar refractivity (Wildman–Crippen MR) is 63.6 cm³/mol. The quantitative estimate of drug-likeness (QED) is 0.603. The van der Waals surface area contributed by atoms with Crippen molar-refractivity contribution in [3.05, 3.63) is 29.8 Å². The van der Waals surface area contributed by atoms with E-state index in [1.165, 1.54) is 0 Å². The normalized spacial score (nSPS) is 10.3. The maximum atomic E-state index is 5.42. The Morgan fingerprint density at radius 3 is 2.47 bits per heavy atom. The van der Waals surface area contributed by atoms with Crippen LogP contribution in [0, 0.1) is 0 Å². The average Bonchev–Trinajstić information content (AvgIpc) is 2.21. The Kier molecular flexibility index (Phi) is 4.48. The van der Waals surface area contributed by atoms with E-state index in [1.54, 1.807) is 14.2 Å². The molecule has 0 heterocycles. The van der Waals surface area contributed by atoms with Crippen LogP contribution in [0.15, 0.2) is 24.3 Å². The summed E-state index contributed by atoms with van der Waals surface area (Å²) in [5, 5.41) is 3.09. The van der Waals surface area contributed by atoms with Gasteiger partial charge in [0.1, 0.15) is 0 Å². The van der Waals surface area contributed by atoms with Gasteiger partial charge in [-0.05, 0) is 18.3 Å². The van der Waals surface area contributed by atoms with E-state index in [2.05, 4.69) is 5.32 Å². The Bertz CT molecular complexity index is 340. The first kappa shape index (κ1) is 11.9. The van der Waals surface area contributed by atoms with Gasteiger partial charge in [-0.2, -0.15) is 0 Å². The number of anilines is 1. The van der Waals surface area contributed by atoms with Crippen molar-refractivity contribution in [3.63, 3.8) is 0 Å². The van der Waals surface area contributed by atoms with Gasteiger partial charge >= 0.3 is 0 Å². The molecule has 0 bridgehead atoms. The molecule has 4 nitrogen and oxygen atoms in total. The fourth-order valence-electron chi connectivity index (χ4n) is 1.30. The Labute approximate surface area is 94.4 Å². The lowest BCUT2D eigenvalue weighted by molar-refractivity contribution is -0.105. The molecule has 0 spiro atoms. The first-order valence-electron chi connectivity index (χ1n) is 4.40. The Balaban J connectivity index is 2.99. The van der Waals surface area contributed by atoms with Crippen molar-refractivity contribution >= 4 is 23.0 Å². The van der Waals surface area contributed by atoms with Gasteiger partial charge in [0.05, 0.1) is 0 Å². The topological polar surface area (TPSA) is 56.5 Å². The minimum atomic E-state index is -0.428. The maximum Gasteiger partial charge on any atom is 0.185 e. The predicted octanol–water partition coefficient (Wildman–Crippen LogP) is 1.63. The van der Waals surface area contributed by atoms with Crippen molar-refractivity contribution < 1.29 is 9.47 Å². The Hall–Kier alpha value is -1.17. The van der Waals surface area contributed by atoms with Crippen LogP contribution in [0.3, 0.4) is 0 Å². The molecule has 0 aliphatic carbocycles. The molecule has 82 valence electrons. The molecule has 0 fully saturated rings. The molecule has 1 rings (SSSR count). The number of thiocarbonyl (C=S) groups is 1. The second-order valence-corrected chi connectivity index (χ2v) is 3.32. The van der Waals surface area contributed by atoms with Crippen LogP contribution in [0.4, 0.5) is 5.69 Å². The first-order valence-corrected chi connectivity index (χ1v) is 4.80. The van der Waals surface area contributed by atoms with E-state index in [0.29, 0.717) is 0 Å². The van der Waals surface area contributed by atoms with Crippen molar-refractivity contribution in [1.29, 1.82) is 0 Å². The minimum Gasteiger partial charge on any atom is -0.376 e. The van der Waals surface area contributed by atoms with Crippen LogP contribution in [0.25, 0.3) is 0 Å². The fraction of sp³-hybridized carbons (Fsp3) is 0.300. The molecule has 0 radical (unpaired) electrons. The van der Waals surface area contributed by atoms with Gasteiger partial charge < -0.3 is 20.5 Å². The van der Waals surface area contributed by atoms with Gasteiger partial charge in [-0.3, -0.25) is 0 Å². The lowest BCUT2D eigenvalue weighted by Crippen LogP contribution is -2.20. The van der Waals surface area contributed by atoms with Crippen LogP contribution < -0.4 is 11.1 Å². The molecule has 5 heteroatoms. The summed E-state index contributed by atoms with van der Waals surface area (Å²) in [5.74, 6) is 0. The van der Waals surface area contributed by atoms with Crippen LogP contribution in [0.1, 0.15) is 11.9 Å². The number of hydrogen-bond acceptors (Lipinski definition) is 3. The number of methoxy groups -OCH3 is 2. The molecule has 0 aliphatic rings. The van der Waals surface area contributed by atoms with Gasteiger partial charge in [-0.1, -0.05) is 18.2 Å². The molecule has 0 unspecified atom stereocenters. The summed E-state index contributed by atoms with van der Waals surface area (Å²) in [7, 11) is 3.15. The lowest BCUT2D eigenvalue weighted by atomic mass is 10.1. The van der Waals surface area contributed by atoms with Crippen molar-refractivity contribution in [1.82, 2.24) is 0 Å². The number of para-hydroxylation sites is 1. The molecule has 0 aliphatic heterocycles. The summed E-state index contributed by atoms with van der Waals surface area (Å²) in [6.45, 7) is 0. The van der Waals surface area contributed by atoms with E-state index < -0.39 is 6.29 Å². The number of rotatable bonds is 4. The highest BCUT2D eigenvalue weighted by Gasteiger charge is 2.13. The van der Waals surface area contributed by atoms with Crippen LogP contribution in [0.2, 0.25) is 0 Å². The summed E-state index contributed by atoms with van der Waals surface area (Å²) in [6.07, 6.45) is -0.428. The summed E-state index contributed by atoms with van der Waals surface area (Å²) in [4.78, 5) is 0. The highest BCUT2D eigenvalue weighted by Crippen LogP contribution is 2.25. The second-order valence-electron chi connectivity index (χ2n) is 2.88. The number of nitrogens with one attached hydrogen (secondary N) is 1. The molecule has 3 N–H and O–H groups in total. The van der Waals surface area contributed by atoms with E-state index in [4.69, 9.17) is 27.4 Å². The van der Waals surface area contributed by atoms with Crippen molar-refractivity contribution in [2.24, 2.45) is 5.73 Å². The summed E-state index contributed by atoms with van der Waals surface area (Å²) in [5.41, 5.74) is 7.06. The molecule has 0 atom stereocenters. The summed E-state index contributed by atoms with van der Waals surface area (Å²) in [6, 6.07) is 7.52. The maximum absolute atomic E-state index is 5.42. The fourth-order valence-corrected chi connectivity index (χ4v) is 1.41. The Morgan fingerprint density at radius 1 is 1.33 bits per heavy atom. The lowest BCUT2D eigenvalue weighted by Gasteiger charge is -2.17. The third-order valence-electron chi connectivity index (χ3n) is 1.90. The molecular formula is C10H14N2O2S. The highest BCUT2D eigenvalue weighted by molar-refractivity contribution is 7.80. The zero-order chi connectivity index (χ0) is 11.3. The monoisotopic (exact) mass is 226 g/mol. The zero-order valence-electron chi connectivity index (χ0n) is 8.69. The van der Waals surface area contributed by atoms with E-state index >= 15 is 0 Å². The molecule has 15 heavy (non-hydrogen) atoms. The van der Waals surface area contributed by atoms with Gasteiger partial charge in [-0.25, -0.2) is 0 Å². The number of nitrogens with two attached hydrogens (primary N) is 1. The molecule has 1 aromatic carbocycles. The van der Waals surface area contributed by atoms with Gasteiger partial charge in [-0.15, -0.1) is 0 Å². The van der Waals surface area contributed by atoms with Crippen molar-refractivity contribution in [3.8, 4) is 0 Å². The summed E-state index contributed by atoms with van der Waals surface area (Å²) < 4.78 is 10.3. The standard InChI is InChI=1S/C10H14N2O2S/c1-13-9(14-2)7-5-3-4-6-8(7)12-10(11)15/h3-6,9H,1-2H3,(H3,11,12,15). The van der Waals surface area contributed by atoms with E-state index in [0.717, 1.165) is 11.3 Å². The van der Waals surface area contributed by atoms with Gasteiger partial charge in [0.15, 0.2) is 11.4 Å². The third-order valence-corrected chi connectivity index (χ3v) is 2.00. The average molecular weight is 226 g/mol. The number of hydrogen-bond donors (Lipinski definition) is 2. The van der Waals surface area contributed by atoms with E-state index in [9.17, 15) is 0 Å². The van der Waals surface area contributed by atoms with Crippen LogP contribution >= 0.6 is 12.2 Å². The minimum absolute atomic E-state index is 0.216. The highest BCUT2D eigenvalue weighted by atomic mass is 32.1. The van der Waals surface area contributed by atoms with E-state index in [-0.39, 0.29) is 5.11 Å². The molecule has 0 saturated heterocycles. The SMILES string of the molecule is COC(OC)c1ccccc1NC(N)=S. The zero-order valence-corrected chi connectivity index (χ0v) is 9.51. The molecule has 0 amide bonds. The molecule has 0 saturated carbocycles. The van der Waals surface area contributed by atoms with Gasteiger partial charge in [0.25, 0.3) is 0 Å². The van der Waals surface area contributed by atoms with Crippen molar-refractivity contribution in [2.75, 3.05) is 19.5 Å². The molecule has 1 aromatic rings. The van der Waals surface area contributed by atoms with E-state index in [1.807, 2.05) is 24.3 Å². The van der Waals surface area contributed by atoms with Crippen molar-refractivity contribution in [2.45, 2.75) is 6.29 Å². The Morgan fingerprint density at radius 2 is 1.93 bits per heavy atom. The molecular weight excluding hydrogens is 212 g/mol.